The van der Waals surface area contributed by atoms with Gasteiger partial charge in [-0.3, -0.25) is 4.79 Å². The number of nitrogens with two attached hydrogens (primary N) is 1. The van der Waals surface area contributed by atoms with E-state index in [4.69, 9.17) is 10.8 Å². The summed E-state index contributed by atoms with van der Waals surface area (Å²) in [5.41, 5.74) is 4.05. The van der Waals surface area contributed by atoms with E-state index < -0.39 is 36.3 Å². The van der Waals surface area contributed by atoms with E-state index in [0.29, 0.717) is 0 Å². The van der Waals surface area contributed by atoms with Crippen molar-refractivity contribution in [1.29, 1.82) is 0 Å². The van der Waals surface area contributed by atoms with Gasteiger partial charge in [0.2, 0.25) is 5.91 Å². The van der Waals surface area contributed by atoms with Crippen LogP contribution in [0.3, 0.4) is 0 Å². The average Bonchev–Trinajstić information content (AvgIpc) is 2.35. The molecule has 5 N–H and O–H groups in total. The van der Waals surface area contributed by atoms with Crippen molar-refractivity contribution in [3.05, 3.63) is 29.8 Å². The number of hydrogen-bond donors (Lipinski definition) is 4. The van der Waals surface area contributed by atoms with Crippen molar-refractivity contribution in [2.24, 2.45) is 5.73 Å². The molecule has 9 heteroatoms. The minimum atomic E-state index is -4.45. The highest BCUT2D eigenvalue weighted by molar-refractivity contribution is 5.89. The molecule has 0 aliphatic heterocycles. The van der Waals surface area contributed by atoms with E-state index in [1.807, 2.05) is 0 Å². The van der Waals surface area contributed by atoms with Crippen molar-refractivity contribution >= 4 is 17.6 Å². The molecule has 110 valence electrons. The number of aliphatic hydroxyl groups excluding tert-OH is 1. The number of aliphatic hydroxyl groups is 1. The third-order valence-electron chi connectivity index (χ3n) is 2.25. The zero-order valence-corrected chi connectivity index (χ0v) is 10.1. The number of benzene rings is 1. The van der Waals surface area contributed by atoms with Gasteiger partial charge in [-0.25, -0.2) is 4.79 Å². The molecule has 6 nitrogen and oxygen atoms in total. The summed E-state index contributed by atoms with van der Waals surface area (Å²) in [5, 5.41) is 13.4. The smallest absolute Gasteiger partial charge is 0.381 e. The van der Waals surface area contributed by atoms with E-state index in [1.165, 1.54) is 0 Å². The molecule has 1 unspecified atom stereocenters. The van der Waals surface area contributed by atoms with Crippen LogP contribution in [-0.4, -0.2) is 29.7 Å². The summed E-state index contributed by atoms with van der Waals surface area (Å²) in [6.07, 6.45) is -5.99. The first-order valence-corrected chi connectivity index (χ1v) is 5.39. The lowest BCUT2D eigenvalue weighted by Gasteiger charge is -2.11. The van der Waals surface area contributed by atoms with Gasteiger partial charge in [-0.1, -0.05) is 0 Å². The summed E-state index contributed by atoms with van der Waals surface area (Å²) >= 11 is 0. The maximum atomic E-state index is 12.3. The van der Waals surface area contributed by atoms with Crippen LogP contribution in [0.2, 0.25) is 0 Å². The lowest BCUT2D eigenvalue weighted by atomic mass is 10.2. The Bertz CT molecular complexity index is 488. The highest BCUT2D eigenvalue weighted by Gasteiger charge is 2.29. The largest absolute Gasteiger partial charge is 0.416 e. The number of carbonyl (C=O) groups excluding carboxylic acids is 2. The van der Waals surface area contributed by atoms with Gasteiger partial charge in [0.1, 0.15) is 6.10 Å². The molecule has 1 aromatic rings. The fourth-order valence-corrected chi connectivity index (χ4v) is 1.21. The van der Waals surface area contributed by atoms with Gasteiger partial charge in [0, 0.05) is 5.69 Å². The Kier molecular flexibility index (Phi) is 4.92. The molecule has 1 rings (SSSR count). The predicted molar refractivity (Wildman–Crippen MR) is 63.7 cm³/mol. The van der Waals surface area contributed by atoms with Gasteiger partial charge < -0.3 is 21.5 Å². The number of nitrogens with one attached hydrogen (secondary N) is 2. The van der Waals surface area contributed by atoms with E-state index >= 15 is 0 Å². The summed E-state index contributed by atoms with van der Waals surface area (Å²) < 4.78 is 36.9. The molecule has 0 saturated heterocycles. The minimum Gasteiger partial charge on any atom is -0.381 e. The minimum absolute atomic E-state index is 0.129. The molecule has 0 radical (unpaired) electrons. The van der Waals surface area contributed by atoms with Crippen LogP contribution in [0, 0.1) is 0 Å². The van der Waals surface area contributed by atoms with Gasteiger partial charge >= 0.3 is 12.2 Å². The molecule has 0 heterocycles. The Labute approximate surface area is 111 Å². The molecule has 0 aromatic heterocycles. The Balaban J connectivity index is 2.53. The van der Waals surface area contributed by atoms with E-state index in [-0.39, 0.29) is 5.69 Å². The van der Waals surface area contributed by atoms with Gasteiger partial charge in [0.25, 0.3) is 0 Å². The lowest BCUT2D eigenvalue weighted by Crippen LogP contribution is -2.41. The van der Waals surface area contributed by atoms with Gasteiger partial charge in [-0.2, -0.15) is 13.2 Å². The molecular formula is C11H12F3N3O3. The number of anilines is 1. The number of halogens is 3. The van der Waals surface area contributed by atoms with E-state index in [2.05, 4.69) is 10.6 Å². The second kappa shape index (κ2) is 6.24. The van der Waals surface area contributed by atoms with Crippen LogP contribution in [0.25, 0.3) is 0 Å². The Morgan fingerprint density at radius 2 is 1.80 bits per heavy atom. The monoisotopic (exact) mass is 291 g/mol. The van der Waals surface area contributed by atoms with Crippen molar-refractivity contribution in [1.82, 2.24) is 5.32 Å². The van der Waals surface area contributed by atoms with Crippen LogP contribution in [-0.2, 0) is 11.0 Å². The molecule has 0 aliphatic rings. The van der Waals surface area contributed by atoms with Gasteiger partial charge in [0.05, 0.1) is 12.1 Å². The quantitative estimate of drug-likeness (QED) is 0.655. The van der Waals surface area contributed by atoms with Crippen LogP contribution in [0.5, 0.6) is 0 Å². The molecule has 1 aromatic carbocycles. The zero-order chi connectivity index (χ0) is 15.3. The molecule has 1 atom stereocenters. The van der Waals surface area contributed by atoms with Crippen molar-refractivity contribution in [2.45, 2.75) is 12.3 Å². The first-order valence-electron chi connectivity index (χ1n) is 5.39. The fourth-order valence-electron chi connectivity index (χ4n) is 1.21. The van der Waals surface area contributed by atoms with E-state index in [0.717, 1.165) is 24.3 Å². The van der Waals surface area contributed by atoms with Crippen molar-refractivity contribution < 1.29 is 27.9 Å². The van der Waals surface area contributed by atoms with Crippen molar-refractivity contribution in [3.63, 3.8) is 0 Å². The maximum Gasteiger partial charge on any atom is 0.416 e. The van der Waals surface area contributed by atoms with Crippen LogP contribution < -0.4 is 16.4 Å². The number of urea groups is 1. The van der Waals surface area contributed by atoms with Gasteiger partial charge in [-0.15, -0.1) is 0 Å². The van der Waals surface area contributed by atoms with Gasteiger partial charge in [0.15, 0.2) is 0 Å². The van der Waals surface area contributed by atoms with Crippen LogP contribution in [0.4, 0.5) is 23.7 Å². The SMILES string of the molecule is NC(=O)C(O)CNC(=O)Nc1ccc(C(F)(F)F)cc1. The van der Waals surface area contributed by atoms with Crippen molar-refractivity contribution in [3.8, 4) is 0 Å². The summed E-state index contributed by atoms with van der Waals surface area (Å²) in [6, 6.07) is 2.99. The number of rotatable bonds is 4. The number of carbonyl (C=O) groups is 2. The normalized spacial score (nSPS) is 12.6. The predicted octanol–water partition coefficient (Wildman–Crippen LogP) is 0.673. The topological polar surface area (TPSA) is 104 Å². The second-order valence-corrected chi connectivity index (χ2v) is 3.83. The molecule has 0 bridgehead atoms. The van der Waals surface area contributed by atoms with Crippen LogP contribution in [0.15, 0.2) is 24.3 Å². The number of amides is 3. The highest BCUT2D eigenvalue weighted by atomic mass is 19.4. The molecule has 20 heavy (non-hydrogen) atoms. The summed E-state index contributed by atoms with van der Waals surface area (Å²) in [4.78, 5) is 21.8. The third-order valence-corrected chi connectivity index (χ3v) is 2.25. The number of alkyl halides is 3. The summed E-state index contributed by atoms with van der Waals surface area (Å²) in [6.45, 7) is -0.401. The highest BCUT2D eigenvalue weighted by Crippen LogP contribution is 2.29. The molecule has 0 saturated carbocycles. The maximum absolute atomic E-state index is 12.3. The third kappa shape index (κ3) is 4.76. The molecule has 0 aliphatic carbocycles. The van der Waals surface area contributed by atoms with Crippen LogP contribution >= 0.6 is 0 Å². The number of hydrogen-bond acceptors (Lipinski definition) is 3. The van der Waals surface area contributed by atoms with E-state index in [1.54, 1.807) is 0 Å². The van der Waals surface area contributed by atoms with Gasteiger partial charge in [-0.05, 0) is 24.3 Å². The second-order valence-electron chi connectivity index (χ2n) is 3.83. The molecule has 3 amide bonds. The summed E-state index contributed by atoms with van der Waals surface area (Å²) in [5.74, 6) is -1.00. The van der Waals surface area contributed by atoms with Crippen LogP contribution in [0.1, 0.15) is 5.56 Å². The molecule has 0 spiro atoms. The first kappa shape index (κ1) is 15.8. The zero-order valence-electron chi connectivity index (χ0n) is 10.1. The Morgan fingerprint density at radius 1 is 1.25 bits per heavy atom. The Hall–Kier alpha value is -2.29. The Morgan fingerprint density at radius 3 is 2.25 bits per heavy atom. The van der Waals surface area contributed by atoms with E-state index in [9.17, 15) is 22.8 Å². The average molecular weight is 291 g/mol. The number of primary amides is 1. The first-order chi connectivity index (χ1) is 9.20. The molecular weight excluding hydrogens is 279 g/mol. The summed E-state index contributed by atoms with van der Waals surface area (Å²) in [7, 11) is 0. The standard InChI is InChI=1S/C11H12F3N3O3/c12-11(13,14)6-1-3-7(4-2-6)17-10(20)16-5-8(18)9(15)19/h1-4,8,18H,5H2,(H2,15,19)(H2,16,17,20). The lowest BCUT2D eigenvalue weighted by molar-refractivity contribution is -0.137. The van der Waals surface area contributed by atoms with Crippen molar-refractivity contribution in [2.75, 3.05) is 11.9 Å². The molecule has 0 fully saturated rings. The fraction of sp³-hybridized carbons (Fsp3) is 0.273.